The Bertz CT molecular complexity index is 693. The molecule has 1 aromatic heterocycles. The summed E-state index contributed by atoms with van der Waals surface area (Å²) in [6.07, 6.45) is 5.31. The number of nitrogens with one attached hydrogen (secondary N) is 1. The molecule has 27 heavy (non-hydrogen) atoms. The van der Waals surface area contributed by atoms with Gasteiger partial charge in [-0.25, -0.2) is 4.79 Å². The number of carbonyl (C=O) groups is 2. The molecule has 1 saturated carbocycles. The van der Waals surface area contributed by atoms with Crippen molar-refractivity contribution in [3.8, 4) is 0 Å². The lowest BCUT2D eigenvalue weighted by atomic mass is 10.1. The smallest absolute Gasteiger partial charge is 0.317 e. The fourth-order valence-electron chi connectivity index (χ4n) is 4.38. The summed E-state index contributed by atoms with van der Waals surface area (Å²) < 4.78 is 1.94. The average molecular weight is 376 g/mol. The first-order valence-electron chi connectivity index (χ1n) is 10.2. The van der Waals surface area contributed by atoms with Crippen molar-refractivity contribution in [2.24, 2.45) is 5.92 Å². The molecule has 2 heterocycles. The van der Waals surface area contributed by atoms with E-state index in [2.05, 4.69) is 29.2 Å². The van der Waals surface area contributed by atoms with E-state index < -0.39 is 0 Å². The van der Waals surface area contributed by atoms with Crippen LogP contribution in [0.4, 0.5) is 4.79 Å². The Morgan fingerprint density at radius 1 is 1.26 bits per heavy atom. The first-order valence-corrected chi connectivity index (χ1v) is 10.2. The van der Waals surface area contributed by atoms with Crippen LogP contribution in [0.15, 0.2) is 0 Å². The normalized spacial score (nSPS) is 20.5. The van der Waals surface area contributed by atoms with Crippen LogP contribution in [0.3, 0.4) is 0 Å². The number of likely N-dealkylation sites (tertiary alicyclic amines) is 1. The second-order valence-electron chi connectivity index (χ2n) is 8.19. The van der Waals surface area contributed by atoms with Gasteiger partial charge in [-0.15, -0.1) is 0 Å². The standard InChI is InChI=1S/C20H33N5O2/c1-14-15(2)22-25(16(14)3)10-9-21-20(27)23(4)12-17-11-19(26)24(13-17)18-7-5-6-8-18/h17-18H,5-13H2,1-4H3,(H,21,27). The van der Waals surface area contributed by atoms with Crippen molar-refractivity contribution in [2.45, 2.75) is 65.5 Å². The Morgan fingerprint density at radius 2 is 1.96 bits per heavy atom. The molecule has 3 amide bonds. The van der Waals surface area contributed by atoms with Crippen LogP contribution in [0.1, 0.15) is 49.1 Å². The van der Waals surface area contributed by atoms with Crippen molar-refractivity contribution in [3.63, 3.8) is 0 Å². The van der Waals surface area contributed by atoms with E-state index >= 15 is 0 Å². The van der Waals surface area contributed by atoms with Crippen molar-refractivity contribution >= 4 is 11.9 Å². The molecule has 7 heteroatoms. The zero-order valence-electron chi connectivity index (χ0n) is 17.1. The molecule has 1 aliphatic heterocycles. The summed E-state index contributed by atoms with van der Waals surface area (Å²) in [5.41, 5.74) is 3.39. The van der Waals surface area contributed by atoms with Gasteiger partial charge in [-0.05, 0) is 39.2 Å². The number of urea groups is 1. The van der Waals surface area contributed by atoms with Crippen LogP contribution < -0.4 is 5.32 Å². The minimum Gasteiger partial charge on any atom is -0.339 e. The predicted molar refractivity (Wildman–Crippen MR) is 105 cm³/mol. The minimum absolute atomic E-state index is 0.0833. The van der Waals surface area contributed by atoms with Crippen molar-refractivity contribution < 1.29 is 9.59 Å². The second kappa shape index (κ2) is 8.31. The van der Waals surface area contributed by atoms with Gasteiger partial charge in [0.2, 0.25) is 5.91 Å². The summed E-state index contributed by atoms with van der Waals surface area (Å²) >= 11 is 0. The Kier molecular flexibility index (Phi) is 6.07. The fourth-order valence-corrected chi connectivity index (χ4v) is 4.38. The van der Waals surface area contributed by atoms with E-state index in [-0.39, 0.29) is 17.9 Å². The van der Waals surface area contributed by atoms with Gasteiger partial charge in [-0.3, -0.25) is 9.48 Å². The van der Waals surface area contributed by atoms with Gasteiger partial charge in [0.05, 0.1) is 12.2 Å². The van der Waals surface area contributed by atoms with E-state index in [9.17, 15) is 9.59 Å². The van der Waals surface area contributed by atoms with Crippen LogP contribution in [-0.2, 0) is 11.3 Å². The number of aromatic nitrogens is 2. The van der Waals surface area contributed by atoms with Gasteiger partial charge in [0, 0.05) is 50.8 Å². The quantitative estimate of drug-likeness (QED) is 0.829. The van der Waals surface area contributed by atoms with E-state index in [0.29, 0.717) is 32.1 Å². The van der Waals surface area contributed by atoms with E-state index in [1.54, 1.807) is 4.90 Å². The Labute approximate surface area is 162 Å². The van der Waals surface area contributed by atoms with Gasteiger partial charge < -0.3 is 15.1 Å². The molecule has 1 atom stereocenters. The molecule has 0 aromatic carbocycles. The largest absolute Gasteiger partial charge is 0.339 e. The molecule has 1 aliphatic carbocycles. The van der Waals surface area contributed by atoms with Gasteiger partial charge in [0.25, 0.3) is 0 Å². The SMILES string of the molecule is Cc1nn(CCNC(=O)N(C)CC2CC(=O)N(C3CCCC3)C2)c(C)c1C. The molecule has 2 aliphatic rings. The molecule has 7 nitrogen and oxygen atoms in total. The van der Waals surface area contributed by atoms with Crippen LogP contribution in [0.5, 0.6) is 0 Å². The van der Waals surface area contributed by atoms with Crippen molar-refractivity contribution in [1.82, 2.24) is 24.9 Å². The third kappa shape index (κ3) is 4.45. The molecule has 1 unspecified atom stereocenters. The number of carbonyl (C=O) groups excluding carboxylic acids is 2. The number of hydrogen-bond acceptors (Lipinski definition) is 3. The zero-order chi connectivity index (χ0) is 19.6. The number of amides is 3. The van der Waals surface area contributed by atoms with Crippen molar-refractivity contribution in [1.29, 1.82) is 0 Å². The third-order valence-corrected chi connectivity index (χ3v) is 6.23. The number of nitrogens with zero attached hydrogens (tertiary/aromatic N) is 4. The highest BCUT2D eigenvalue weighted by atomic mass is 16.2. The molecule has 1 N–H and O–H groups in total. The monoisotopic (exact) mass is 375 g/mol. The fraction of sp³-hybridized carbons (Fsp3) is 0.750. The summed E-state index contributed by atoms with van der Waals surface area (Å²) in [5.74, 6) is 0.508. The highest BCUT2D eigenvalue weighted by Crippen LogP contribution is 2.29. The first-order chi connectivity index (χ1) is 12.9. The molecule has 3 rings (SSSR count). The van der Waals surface area contributed by atoms with E-state index in [0.717, 1.165) is 30.8 Å². The van der Waals surface area contributed by atoms with Gasteiger partial charge in [-0.1, -0.05) is 12.8 Å². The summed E-state index contributed by atoms with van der Waals surface area (Å²) in [4.78, 5) is 28.5. The molecular weight excluding hydrogens is 342 g/mol. The molecule has 1 aromatic rings. The molecule has 0 radical (unpaired) electrons. The second-order valence-corrected chi connectivity index (χ2v) is 8.19. The summed E-state index contributed by atoms with van der Waals surface area (Å²) in [6.45, 7) is 8.75. The number of rotatable bonds is 6. The van der Waals surface area contributed by atoms with E-state index in [1.165, 1.54) is 18.4 Å². The molecular formula is C20H33N5O2. The van der Waals surface area contributed by atoms with Crippen molar-refractivity contribution in [2.75, 3.05) is 26.7 Å². The van der Waals surface area contributed by atoms with E-state index in [4.69, 9.17) is 0 Å². The van der Waals surface area contributed by atoms with Gasteiger partial charge in [0.1, 0.15) is 0 Å². The first kappa shape index (κ1) is 19.7. The topological polar surface area (TPSA) is 70.5 Å². The molecule has 0 bridgehead atoms. The number of aryl methyl sites for hydroxylation is 1. The van der Waals surface area contributed by atoms with Crippen molar-refractivity contribution in [3.05, 3.63) is 17.0 Å². The Morgan fingerprint density at radius 3 is 2.59 bits per heavy atom. The molecule has 150 valence electrons. The van der Waals surface area contributed by atoms with Gasteiger partial charge in [0.15, 0.2) is 0 Å². The zero-order valence-corrected chi connectivity index (χ0v) is 17.1. The summed E-state index contributed by atoms with van der Waals surface area (Å²) in [5, 5.41) is 7.46. The minimum atomic E-state index is -0.0833. The average Bonchev–Trinajstić information content (AvgIpc) is 3.33. The lowest BCUT2D eigenvalue weighted by molar-refractivity contribution is -0.129. The third-order valence-electron chi connectivity index (χ3n) is 6.23. The lowest BCUT2D eigenvalue weighted by Gasteiger charge is -2.25. The summed E-state index contributed by atoms with van der Waals surface area (Å²) in [6, 6.07) is 0.353. The number of hydrogen-bond donors (Lipinski definition) is 1. The Balaban J connectivity index is 1.42. The van der Waals surface area contributed by atoms with Crippen LogP contribution >= 0.6 is 0 Å². The van der Waals surface area contributed by atoms with Crippen LogP contribution in [0, 0.1) is 26.7 Å². The summed E-state index contributed by atoms with van der Waals surface area (Å²) in [7, 11) is 1.81. The maximum absolute atomic E-state index is 12.4. The molecule has 2 fully saturated rings. The lowest BCUT2D eigenvalue weighted by Crippen LogP contribution is -2.42. The van der Waals surface area contributed by atoms with Crippen LogP contribution in [0.25, 0.3) is 0 Å². The molecule has 0 spiro atoms. The molecule has 1 saturated heterocycles. The maximum Gasteiger partial charge on any atom is 0.317 e. The Hall–Kier alpha value is -2.05. The van der Waals surface area contributed by atoms with Crippen LogP contribution in [0.2, 0.25) is 0 Å². The van der Waals surface area contributed by atoms with E-state index in [1.807, 2.05) is 18.7 Å². The van der Waals surface area contributed by atoms with Gasteiger partial charge >= 0.3 is 6.03 Å². The highest BCUT2D eigenvalue weighted by Gasteiger charge is 2.36. The maximum atomic E-state index is 12.4. The van der Waals surface area contributed by atoms with Gasteiger partial charge in [-0.2, -0.15) is 5.10 Å². The highest BCUT2D eigenvalue weighted by molar-refractivity contribution is 5.79. The van der Waals surface area contributed by atoms with Crippen LogP contribution in [-0.4, -0.2) is 64.2 Å². The predicted octanol–water partition coefficient (Wildman–Crippen LogP) is 2.24.